The molecule has 32 heavy (non-hydrogen) atoms. The van der Waals surface area contributed by atoms with Gasteiger partial charge in [-0.3, -0.25) is 9.69 Å². The number of nitrogens with one attached hydrogen (secondary N) is 1. The predicted molar refractivity (Wildman–Crippen MR) is 115 cm³/mol. The average Bonchev–Trinajstić information content (AvgIpc) is 3.16. The molecule has 2 aliphatic rings. The van der Waals surface area contributed by atoms with Crippen LogP contribution in [0.1, 0.15) is 18.1 Å². The summed E-state index contributed by atoms with van der Waals surface area (Å²) in [6.07, 6.45) is -3.72. The fourth-order valence-corrected chi connectivity index (χ4v) is 4.50. The van der Waals surface area contributed by atoms with Crippen molar-refractivity contribution >= 4 is 17.7 Å². The first kappa shape index (κ1) is 22.2. The first-order valence-corrected chi connectivity index (χ1v) is 10.6. The van der Waals surface area contributed by atoms with E-state index in [1.54, 1.807) is 24.3 Å². The number of benzene rings is 2. The van der Waals surface area contributed by atoms with Crippen molar-refractivity contribution in [3.8, 4) is 0 Å². The van der Waals surface area contributed by atoms with Gasteiger partial charge in [0.25, 0.3) is 0 Å². The SMILES string of the molecule is CC(=O)OCC1CN(c2ccc(C3(Cc4ccccc4)C(F)CNCC3F)cc2)C(=O)O1. The quantitative estimate of drug-likeness (QED) is 0.693. The first-order valence-electron chi connectivity index (χ1n) is 10.6. The van der Waals surface area contributed by atoms with Crippen molar-refractivity contribution in [3.05, 3.63) is 65.7 Å². The number of carbonyl (C=O) groups is 2. The number of anilines is 1. The van der Waals surface area contributed by atoms with Gasteiger partial charge in [-0.2, -0.15) is 0 Å². The highest BCUT2D eigenvalue weighted by Gasteiger charge is 2.50. The molecule has 0 spiro atoms. The number of cyclic esters (lactones) is 1. The zero-order chi connectivity index (χ0) is 22.7. The van der Waals surface area contributed by atoms with Crippen LogP contribution in [0, 0.1) is 0 Å². The van der Waals surface area contributed by atoms with Gasteiger partial charge in [0, 0.05) is 25.7 Å². The van der Waals surface area contributed by atoms with Crippen molar-refractivity contribution in [2.24, 2.45) is 0 Å². The van der Waals surface area contributed by atoms with E-state index in [9.17, 15) is 9.59 Å². The minimum atomic E-state index is -1.41. The number of amides is 1. The molecule has 4 rings (SSSR count). The number of halogens is 2. The molecule has 0 saturated carbocycles. The molecule has 0 aromatic heterocycles. The van der Waals surface area contributed by atoms with E-state index in [4.69, 9.17) is 9.47 Å². The molecule has 2 saturated heterocycles. The van der Waals surface area contributed by atoms with Crippen LogP contribution in [0.25, 0.3) is 0 Å². The van der Waals surface area contributed by atoms with E-state index in [-0.39, 0.29) is 32.7 Å². The van der Waals surface area contributed by atoms with Crippen LogP contribution in [0.2, 0.25) is 0 Å². The van der Waals surface area contributed by atoms with Gasteiger partial charge in [-0.05, 0) is 29.7 Å². The molecule has 0 aliphatic carbocycles. The summed E-state index contributed by atoms with van der Waals surface area (Å²) in [5.41, 5.74) is 0.642. The minimum Gasteiger partial charge on any atom is -0.462 e. The third kappa shape index (κ3) is 4.32. The van der Waals surface area contributed by atoms with E-state index in [1.807, 2.05) is 30.3 Å². The maximum absolute atomic E-state index is 15.4. The number of nitrogens with zero attached hydrogens (tertiary/aromatic N) is 1. The fraction of sp³-hybridized carbons (Fsp3) is 0.417. The third-order valence-corrected chi connectivity index (χ3v) is 6.17. The van der Waals surface area contributed by atoms with Gasteiger partial charge in [0.1, 0.15) is 19.0 Å². The second kappa shape index (κ2) is 9.24. The lowest BCUT2D eigenvalue weighted by atomic mass is 9.67. The zero-order valence-electron chi connectivity index (χ0n) is 17.8. The van der Waals surface area contributed by atoms with E-state index < -0.39 is 35.9 Å². The Morgan fingerprint density at radius 3 is 2.41 bits per heavy atom. The Hall–Kier alpha value is -3.00. The van der Waals surface area contributed by atoms with Gasteiger partial charge in [0.15, 0.2) is 6.10 Å². The molecule has 6 nitrogen and oxygen atoms in total. The van der Waals surface area contributed by atoms with Crippen molar-refractivity contribution in [2.45, 2.75) is 37.2 Å². The molecule has 0 bridgehead atoms. The summed E-state index contributed by atoms with van der Waals surface area (Å²) in [5, 5.41) is 2.83. The summed E-state index contributed by atoms with van der Waals surface area (Å²) in [7, 11) is 0. The molecule has 2 fully saturated rings. The van der Waals surface area contributed by atoms with Crippen molar-refractivity contribution < 1.29 is 27.8 Å². The van der Waals surface area contributed by atoms with Crippen molar-refractivity contribution in [1.29, 1.82) is 0 Å². The van der Waals surface area contributed by atoms with E-state index in [2.05, 4.69) is 5.32 Å². The Morgan fingerprint density at radius 2 is 1.78 bits per heavy atom. The summed E-state index contributed by atoms with van der Waals surface area (Å²) in [6, 6.07) is 16.1. The molecule has 2 aromatic rings. The van der Waals surface area contributed by atoms with Gasteiger partial charge in [0.05, 0.1) is 12.0 Å². The molecular weight excluding hydrogens is 418 g/mol. The summed E-state index contributed by atoms with van der Waals surface area (Å²) < 4.78 is 40.9. The van der Waals surface area contributed by atoms with Crippen LogP contribution in [-0.2, 0) is 26.1 Å². The van der Waals surface area contributed by atoms with E-state index in [0.29, 0.717) is 11.3 Å². The number of piperidine rings is 1. The first-order chi connectivity index (χ1) is 15.4. The van der Waals surface area contributed by atoms with Crippen LogP contribution in [-0.4, -0.2) is 56.8 Å². The second-order valence-corrected chi connectivity index (χ2v) is 8.26. The highest BCUT2D eigenvalue weighted by molar-refractivity contribution is 5.89. The fourth-order valence-electron chi connectivity index (χ4n) is 4.50. The van der Waals surface area contributed by atoms with Gasteiger partial charge in [-0.25, -0.2) is 13.6 Å². The van der Waals surface area contributed by atoms with Crippen LogP contribution in [0.4, 0.5) is 19.3 Å². The molecular formula is C24H26F2N2O4. The standard InChI is InChI=1S/C24H26F2N2O4/c1-16(29)31-15-20-14-28(23(30)32-20)19-9-7-18(8-10-19)24(11-17-5-3-2-4-6-17)21(25)12-27-13-22(24)26/h2-10,20-22,27H,11-15H2,1H3. The highest BCUT2D eigenvalue weighted by Crippen LogP contribution is 2.41. The lowest BCUT2D eigenvalue weighted by molar-refractivity contribution is -0.143. The smallest absolute Gasteiger partial charge is 0.414 e. The van der Waals surface area contributed by atoms with E-state index in [0.717, 1.165) is 5.56 Å². The predicted octanol–water partition coefficient (Wildman–Crippen LogP) is 3.33. The van der Waals surface area contributed by atoms with E-state index >= 15 is 8.78 Å². The zero-order valence-corrected chi connectivity index (χ0v) is 17.8. The van der Waals surface area contributed by atoms with Crippen LogP contribution in [0.15, 0.2) is 54.6 Å². The average molecular weight is 444 g/mol. The van der Waals surface area contributed by atoms with Crippen LogP contribution in [0.3, 0.4) is 0 Å². The van der Waals surface area contributed by atoms with Crippen molar-refractivity contribution in [2.75, 3.05) is 31.1 Å². The summed E-state index contributed by atoms with van der Waals surface area (Å²) in [5.74, 6) is -0.448. The number of carbonyl (C=O) groups excluding carboxylic acids is 2. The lowest BCUT2D eigenvalue weighted by Crippen LogP contribution is -2.59. The third-order valence-electron chi connectivity index (χ3n) is 6.17. The summed E-state index contributed by atoms with van der Waals surface area (Å²) >= 11 is 0. The van der Waals surface area contributed by atoms with Gasteiger partial charge < -0.3 is 14.8 Å². The molecule has 0 radical (unpaired) electrons. The molecule has 1 N–H and O–H groups in total. The number of alkyl halides is 2. The van der Waals surface area contributed by atoms with Gasteiger partial charge in [-0.1, -0.05) is 42.5 Å². The summed E-state index contributed by atoms with van der Waals surface area (Å²) in [4.78, 5) is 24.7. The van der Waals surface area contributed by atoms with E-state index in [1.165, 1.54) is 11.8 Å². The number of hydrogen-bond donors (Lipinski definition) is 1. The molecule has 8 heteroatoms. The molecule has 170 valence electrons. The number of esters is 1. The molecule has 2 aromatic carbocycles. The number of hydrogen-bond acceptors (Lipinski definition) is 5. The molecule has 2 heterocycles. The summed E-state index contributed by atoms with van der Waals surface area (Å²) in [6.45, 7) is 1.64. The Bertz CT molecular complexity index is 944. The highest BCUT2D eigenvalue weighted by atomic mass is 19.1. The second-order valence-electron chi connectivity index (χ2n) is 8.26. The maximum atomic E-state index is 15.4. The maximum Gasteiger partial charge on any atom is 0.414 e. The van der Waals surface area contributed by atoms with Gasteiger partial charge >= 0.3 is 12.1 Å². The largest absolute Gasteiger partial charge is 0.462 e. The lowest BCUT2D eigenvalue weighted by Gasteiger charge is -2.44. The van der Waals surface area contributed by atoms with Crippen molar-refractivity contribution in [1.82, 2.24) is 5.32 Å². The van der Waals surface area contributed by atoms with Gasteiger partial charge in [0.2, 0.25) is 0 Å². The normalized spacial score (nSPS) is 27.8. The Labute approximate surface area is 185 Å². The molecule has 2 aliphatic heterocycles. The van der Waals surface area contributed by atoms with Crippen LogP contribution in [0.5, 0.6) is 0 Å². The number of ether oxygens (including phenoxy) is 2. The van der Waals surface area contributed by atoms with Crippen molar-refractivity contribution in [3.63, 3.8) is 0 Å². The Balaban J connectivity index is 1.59. The minimum absolute atomic E-state index is 0.0180. The van der Waals surface area contributed by atoms with Crippen LogP contribution >= 0.6 is 0 Å². The van der Waals surface area contributed by atoms with Gasteiger partial charge in [-0.15, -0.1) is 0 Å². The molecule has 1 amide bonds. The monoisotopic (exact) mass is 444 g/mol. The Kier molecular flexibility index (Phi) is 6.41. The topological polar surface area (TPSA) is 67.9 Å². The van der Waals surface area contributed by atoms with Crippen LogP contribution < -0.4 is 10.2 Å². The molecule has 3 unspecified atom stereocenters. The Morgan fingerprint density at radius 1 is 1.12 bits per heavy atom. The molecule has 3 atom stereocenters. The number of rotatable bonds is 6.